The molecule has 0 amide bonds. The molecular formula is C10H9FN2O2. The standard InChI is InChI=1S/C10H9FN2O2/c11-8-3-1-7(2-4-8)10-12-9(5-6-14)13-15-10/h1-4,14H,5-6H2. The van der Waals surface area contributed by atoms with Crippen molar-refractivity contribution in [2.24, 2.45) is 0 Å². The van der Waals surface area contributed by atoms with Gasteiger partial charge in [0, 0.05) is 12.0 Å². The molecule has 0 fully saturated rings. The van der Waals surface area contributed by atoms with Crippen molar-refractivity contribution in [2.75, 3.05) is 6.61 Å². The average Bonchev–Trinajstić information content (AvgIpc) is 2.68. The van der Waals surface area contributed by atoms with Gasteiger partial charge in [0.1, 0.15) is 5.82 Å². The highest BCUT2D eigenvalue weighted by Crippen LogP contribution is 2.17. The minimum atomic E-state index is -0.311. The van der Waals surface area contributed by atoms with Crippen molar-refractivity contribution >= 4 is 0 Å². The van der Waals surface area contributed by atoms with E-state index in [1.807, 2.05) is 0 Å². The Balaban J connectivity index is 2.25. The molecule has 0 unspecified atom stereocenters. The van der Waals surface area contributed by atoms with E-state index in [4.69, 9.17) is 9.63 Å². The Bertz CT molecular complexity index is 439. The summed E-state index contributed by atoms with van der Waals surface area (Å²) in [5.41, 5.74) is 0.660. The van der Waals surface area contributed by atoms with E-state index in [-0.39, 0.29) is 12.4 Å². The molecule has 1 aromatic carbocycles. The molecule has 0 spiro atoms. The van der Waals surface area contributed by atoms with Crippen molar-refractivity contribution in [3.8, 4) is 11.5 Å². The highest BCUT2D eigenvalue weighted by atomic mass is 19.1. The lowest BCUT2D eigenvalue weighted by molar-refractivity contribution is 0.293. The number of rotatable bonds is 3. The van der Waals surface area contributed by atoms with Crippen molar-refractivity contribution in [2.45, 2.75) is 6.42 Å². The lowest BCUT2D eigenvalue weighted by Crippen LogP contribution is -1.92. The highest BCUT2D eigenvalue weighted by molar-refractivity contribution is 5.52. The number of nitrogens with zero attached hydrogens (tertiary/aromatic N) is 2. The van der Waals surface area contributed by atoms with E-state index in [0.717, 1.165) is 0 Å². The minimum Gasteiger partial charge on any atom is -0.396 e. The zero-order valence-electron chi connectivity index (χ0n) is 7.85. The normalized spacial score (nSPS) is 10.5. The molecule has 4 nitrogen and oxygen atoms in total. The van der Waals surface area contributed by atoms with E-state index in [2.05, 4.69) is 10.1 Å². The van der Waals surface area contributed by atoms with Crippen LogP contribution in [-0.2, 0) is 6.42 Å². The number of halogens is 1. The van der Waals surface area contributed by atoms with E-state index >= 15 is 0 Å². The van der Waals surface area contributed by atoms with Crippen LogP contribution in [0.1, 0.15) is 5.82 Å². The summed E-state index contributed by atoms with van der Waals surface area (Å²) in [6, 6.07) is 5.77. The van der Waals surface area contributed by atoms with Crippen molar-refractivity contribution < 1.29 is 14.0 Å². The summed E-state index contributed by atoms with van der Waals surface area (Å²) in [6.07, 6.45) is 0.352. The number of aliphatic hydroxyl groups excluding tert-OH is 1. The van der Waals surface area contributed by atoms with Gasteiger partial charge < -0.3 is 9.63 Å². The first-order valence-electron chi connectivity index (χ1n) is 4.49. The second-order valence-corrected chi connectivity index (χ2v) is 3.00. The first-order chi connectivity index (χ1) is 7.29. The van der Waals surface area contributed by atoms with E-state index in [0.29, 0.717) is 23.7 Å². The summed E-state index contributed by atoms with van der Waals surface area (Å²) in [6.45, 7) is -0.0254. The molecule has 0 aliphatic heterocycles. The maximum atomic E-state index is 12.6. The predicted octanol–water partition coefficient (Wildman–Crippen LogP) is 1.41. The van der Waals surface area contributed by atoms with Crippen LogP contribution in [-0.4, -0.2) is 21.9 Å². The zero-order valence-corrected chi connectivity index (χ0v) is 7.85. The van der Waals surface area contributed by atoms with Crippen LogP contribution in [0.2, 0.25) is 0 Å². The van der Waals surface area contributed by atoms with Gasteiger partial charge in [0.05, 0.1) is 6.61 Å². The fraction of sp³-hybridized carbons (Fsp3) is 0.200. The Morgan fingerprint density at radius 2 is 2.00 bits per heavy atom. The summed E-state index contributed by atoms with van der Waals surface area (Å²) >= 11 is 0. The van der Waals surface area contributed by atoms with E-state index in [1.165, 1.54) is 12.1 Å². The molecule has 5 heteroatoms. The molecule has 1 aromatic heterocycles. The molecule has 0 atom stereocenters. The van der Waals surface area contributed by atoms with Crippen LogP contribution in [0.25, 0.3) is 11.5 Å². The van der Waals surface area contributed by atoms with Crippen molar-refractivity contribution in [3.05, 3.63) is 35.9 Å². The van der Waals surface area contributed by atoms with Gasteiger partial charge in [-0.15, -0.1) is 0 Å². The zero-order chi connectivity index (χ0) is 10.7. The molecule has 0 aliphatic carbocycles. The summed E-state index contributed by atoms with van der Waals surface area (Å²) < 4.78 is 17.6. The molecule has 1 N–H and O–H groups in total. The second-order valence-electron chi connectivity index (χ2n) is 3.00. The van der Waals surface area contributed by atoms with Crippen LogP contribution in [0, 0.1) is 5.82 Å². The number of hydrogen-bond acceptors (Lipinski definition) is 4. The molecule has 0 bridgehead atoms. The Morgan fingerprint density at radius 1 is 1.27 bits per heavy atom. The molecule has 78 valence electrons. The van der Waals surface area contributed by atoms with Gasteiger partial charge >= 0.3 is 0 Å². The van der Waals surface area contributed by atoms with Crippen LogP contribution in [0.3, 0.4) is 0 Å². The van der Waals surface area contributed by atoms with Gasteiger partial charge in [-0.1, -0.05) is 5.16 Å². The number of benzene rings is 1. The third kappa shape index (κ3) is 2.19. The fourth-order valence-corrected chi connectivity index (χ4v) is 1.17. The summed E-state index contributed by atoms with van der Waals surface area (Å²) in [4.78, 5) is 4.04. The van der Waals surface area contributed by atoms with E-state index < -0.39 is 0 Å². The van der Waals surface area contributed by atoms with Gasteiger partial charge in [-0.05, 0) is 24.3 Å². The van der Waals surface area contributed by atoms with Gasteiger partial charge in [0.25, 0.3) is 5.89 Å². The van der Waals surface area contributed by atoms with Gasteiger partial charge in [-0.25, -0.2) is 4.39 Å². The Morgan fingerprint density at radius 3 is 2.67 bits per heavy atom. The maximum absolute atomic E-state index is 12.6. The molecule has 1 heterocycles. The van der Waals surface area contributed by atoms with Crippen molar-refractivity contribution in [3.63, 3.8) is 0 Å². The molecule has 15 heavy (non-hydrogen) atoms. The Kier molecular flexibility index (Phi) is 2.73. The molecule has 2 aromatic rings. The smallest absolute Gasteiger partial charge is 0.257 e. The van der Waals surface area contributed by atoms with Crippen LogP contribution < -0.4 is 0 Å². The quantitative estimate of drug-likeness (QED) is 0.828. The first-order valence-corrected chi connectivity index (χ1v) is 4.49. The molecule has 0 saturated heterocycles. The monoisotopic (exact) mass is 208 g/mol. The summed E-state index contributed by atoms with van der Waals surface area (Å²) in [7, 11) is 0. The van der Waals surface area contributed by atoms with E-state index in [1.54, 1.807) is 12.1 Å². The van der Waals surface area contributed by atoms with E-state index in [9.17, 15) is 4.39 Å². The number of aliphatic hydroxyl groups is 1. The maximum Gasteiger partial charge on any atom is 0.257 e. The fourth-order valence-electron chi connectivity index (χ4n) is 1.17. The molecule has 0 radical (unpaired) electrons. The summed E-state index contributed by atoms with van der Waals surface area (Å²) in [5.74, 6) is 0.462. The van der Waals surface area contributed by atoms with Gasteiger partial charge in [0.15, 0.2) is 5.82 Å². The van der Waals surface area contributed by atoms with Crippen molar-refractivity contribution in [1.82, 2.24) is 10.1 Å². The molecular weight excluding hydrogens is 199 g/mol. The van der Waals surface area contributed by atoms with Crippen LogP contribution >= 0.6 is 0 Å². The number of aromatic nitrogens is 2. The van der Waals surface area contributed by atoms with Crippen molar-refractivity contribution in [1.29, 1.82) is 0 Å². The minimum absolute atomic E-state index is 0.0254. The van der Waals surface area contributed by atoms with Crippen LogP contribution in [0.4, 0.5) is 4.39 Å². The average molecular weight is 208 g/mol. The SMILES string of the molecule is OCCc1noc(-c2ccc(F)cc2)n1. The third-order valence-electron chi connectivity index (χ3n) is 1.89. The topological polar surface area (TPSA) is 59.2 Å². The van der Waals surface area contributed by atoms with Gasteiger partial charge in [-0.3, -0.25) is 0 Å². The summed E-state index contributed by atoms with van der Waals surface area (Å²) in [5, 5.41) is 12.3. The number of hydrogen-bond donors (Lipinski definition) is 1. The largest absolute Gasteiger partial charge is 0.396 e. The lowest BCUT2D eigenvalue weighted by atomic mass is 10.2. The predicted molar refractivity (Wildman–Crippen MR) is 50.5 cm³/mol. The molecule has 0 saturated carbocycles. The second kappa shape index (κ2) is 4.18. The van der Waals surface area contributed by atoms with Gasteiger partial charge in [-0.2, -0.15) is 4.98 Å². The Labute approximate surface area is 85.4 Å². The van der Waals surface area contributed by atoms with Crippen LogP contribution in [0.5, 0.6) is 0 Å². The van der Waals surface area contributed by atoms with Gasteiger partial charge in [0.2, 0.25) is 0 Å². The molecule has 2 rings (SSSR count). The lowest BCUT2D eigenvalue weighted by Gasteiger charge is -1.92. The third-order valence-corrected chi connectivity index (χ3v) is 1.89. The Hall–Kier alpha value is -1.75. The first kappa shape index (κ1) is 9.79. The highest BCUT2D eigenvalue weighted by Gasteiger charge is 2.07. The van der Waals surface area contributed by atoms with Crippen LogP contribution in [0.15, 0.2) is 28.8 Å². The molecule has 0 aliphatic rings.